The van der Waals surface area contributed by atoms with Crippen LogP contribution in [0.1, 0.15) is 12.0 Å². The van der Waals surface area contributed by atoms with E-state index in [2.05, 4.69) is 46.3 Å². The number of anilines is 3. The van der Waals surface area contributed by atoms with Crippen LogP contribution in [0.25, 0.3) is 6.08 Å². The third kappa shape index (κ3) is 3.69. The Morgan fingerprint density at radius 3 is 2.53 bits per heavy atom. The van der Waals surface area contributed by atoms with Gasteiger partial charge in [-0.25, -0.2) is 9.99 Å². The average Bonchev–Trinajstić information content (AvgIpc) is 3.53. The average molecular weight is 462 g/mol. The van der Waals surface area contributed by atoms with Gasteiger partial charge in [0.1, 0.15) is 0 Å². The van der Waals surface area contributed by atoms with Gasteiger partial charge in [-0.15, -0.1) is 11.3 Å². The van der Waals surface area contributed by atoms with Gasteiger partial charge in [0, 0.05) is 37.8 Å². The molecule has 0 radical (unpaired) electrons. The van der Waals surface area contributed by atoms with Crippen molar-refractivity contribution in [3.63, 3.8) is 0 Å². The fourth-order valence-corrected chi connectivity index (χ4v) is 6.02. The Bertz CT molecular complexity index is 1160. The summed E-state index contributed by atoms with van der Waals surface area (Å²) in [5.74, 6) is 0.465. The number of carbonyl (C=O) groups excluding carboxylic acids is 1. The SMILES string of the molecule is CN(C)c1ccc(/C=C/C2=NN(c3ccccc3)C3(C2)SCC(=O)N3c2nccs2)cc1. The van der Waals surface area contributed by atoms with Crippen molar-refractivity contribution >= 4 is 57.3 Å². The summed E-state index contributed by atoms with van der Waals surface area (Å²) in [6, 6.07) is 18.4. The summed E-state index contributed by atoms with van der Waals surface area (Å²) in [6.07, 6.45) is 6.49. The summed E-state index contributed by atoms with van der Waals surface area (Å²) in [7, 11) is 4.06. The first-order chi connectivity index (χ1) is 15.6. The first-order valence-corrected chi connectivity index (χ1v) is 12.2. The Morgan fingerprint density at radius 2 is 1.84 bits per heavy atom. The number of thiazole rings is 1. The molecule has 32 heavy (non-hydrogen) atoms. The zero-order valence-electron chi connectivity index (χ0n) is 17.9. The third-order valence-electron chi connectivity index (χ3n) is 5.49. The lowest BCUT2D eigenvalue weighted by Crippen LogP contribution is -2.53. The molecule has 1 saturated heterocycles. The van der Waals surface area contributed by atoms with E-state index in [-0.39, 0.29) is 5.91 Å². The molecule has 0 aliphatic carbocycles. The van der Waals surface area contributed by atoms with Gasteiger partial charge in [0.2, 0.25) is 5.91 Å². The van der Waals surface area contributed by atoms with Gasteiger partial charge in [-0.3, -0.25) is 9.69 Å². The van der Waals surface area contributed by atoms with Crippen molar-refractivity contribution in [3.05, 3.63) is 77.8 Å². The van der Waals surface area contributed by atoms with Crippen molar-refractivity contribution in [3.8, 4) is 0 Å². The van der Waals surface area contributed by atoms with Crippen LogP contribution in [0.4, 0.5) is 16.5 Å². The first kappa shape index (κ1) is 20.8. The number of aromatic nitrogens is 1. The van der Waals surface area contributed by atoms with Crippen LogP contribution in [0, 0.1) is 0 Å². The number of hydrazone groups is 1. The van der Waals surface area contributed by atoms with Crippen LogP contribution in [0.2, 0.25) is 0 Å². The lowest BCUT2D eigenvalue weighted by molar-refractivity contribution is -0.116. The Balaban J connectivity index is 1.50. The molecule has 8 heteroatoms. The minimum absolute atomic E-state index is 0.0607. The maximum absolute atomic E-state index is 13.0. The molecule has 2 aliphatic heterocycles. The molecular formula is C24H23N5OS2. The highest BCUT2D eigenvalue weighted by atomic mass is 32.2. The monoisotopic (exact) mass is 461 g/mol. The normalized spacial score (nSPS) is 20.6. The quantitative estimate of drug-likeness (QED) is 0.540. The minimum atomic E-state index is -0.648. The molecule has 1 amide bonds. The van der Waals surface area contributed by atoms with Crippen LogP contribution in [0.15, 0.2) is 77.4 Å². The van der Waals surface area contributed by atoms with Crippen LogP contribution >= 0.6 is 23.1 Å². The summed E-state index contributed by atoms with van der Waals surface area (Å²) in [4.78, 5) is 20.7. The van der Waals surface area contributed by atoms with Gasteiger partial charge in [0.15, 0.2) is 10.1 Å². The highest BCUT2D eigenvalue weighted by Crippen LogP contribution is 2.50. The van der Waals surface area contributed by atoms with E-state index in [4.69, 9.17) is 5.10 Å². The Kier molecular flexibility index (Phi) is 5.48. The molecule has 3 aromatic rings. The van der Waals surface area contributed by atoms with E-state index in [0.717, 1.165) is 22.6 Å². The smallest absolute Gasteiger partial charge is 0.241 e. The zero-order valence-corrected chi connectivity index (χ0v) is 19.5. The zero-order chi connectivity index (χ0) is 22.1. The van der Waals surface area contributed by atoms with Crippen LogP contribution in [0.5, 0.6) is 0 Å². The molecule has 5 rings (SSSR count). The van der Waals surface area contributed by atoms with E-state index in [1.54, 1.807) is 18.0 Å². The molecule has 1 aromatic heterocycles. The number of para-hydroxylation sites is 1. The molecule has 0 bridgehead atoms. The molecule has 0 saturated carbocycles. The highest BCUT2D eigenvalue weighted by molar-refractivity contribution is 8.02. The van der Waals surface area contributed by atoms with Gasteiger partial charge in [-0.1, -0.05) is 48.2 Å². The van der Waals surface area contributed by atoms with Crippen molar-refractivity contribution in [2.75, 3.05) is 34.7 Å². The summed E-state index contributed by atoms with van der Waals surface area (Å²) in [5, 5.41) is 9.56. The number of amides is 1. The van der Waals surface area contributed by atoms with Crippen LogP contribution in [-0.4, -0.2) is 41.4 Å². The fourth-order valence-electron chi connectivity index (χ4n) is 3.92. The molecular weight excluding hydrogens is 438 g/mol. The van der Waals surface area contributed by atoms with Crippen molar-refractivity contribution < 1.29 is 4.79 Å². The van der Waals surface area contributed by atoms with Gasteiger partial charge < -0.3 is 4.90 Å². The van der Waals surface area contributed by atoms with Gasteiger partial charge in [-0.05, 0) is 35.9 Å². The second-order valence-electron chi connectivity index (χ2n) is 7.81. The van der Waals surface area contributed by atoms with E-state index in [9.17, 15) is 4.79 Å². The molecule has 162 valence electrons. The number of rotatable bonds is 5. The Hall–Kier alpha value is -3.10. The lowest BCUT2D eigenvalue weighted by atomic mass is 10.1. The number of hydrogen-bond donors (Lipinski definition) is 0. The molecule has 2 aromatic carbocycles. The third-order valence-corrected chi connectivity index (χ3v) is 7.60. The minimum Gasteiger partial charge on any atom is -0.378 e. The Labute approximate surface area is 195 Å². The number of nitrogens with zero attached hydrogens (tertiary/aromatic N) is 5. The molecule has 1 spiro atoms. The van der Waals surface area contributed by atoms with Crippen LogP contribution in [-0.2, 0) is 4.79 Å². The Morgan fingerprint density at radius 1 is 1.06 bits per heavy atom. The molecule has 6 nitrogen and oxygen atoms in total. The molecule has 3 heterocycles. The summed E-state index contributed by atoms with van der Waals surface area (Å²) in [5.41, 5.74) is 4.15. The first-order valence-electron chi connectivity index (χ1n) is 10.3. The number of allylic oxidation sites excluding steroid dienone is 1. The van der Waals surface area contributed by atoms with Crippen LogP contribution in [0.3, 0.4) is 0 Å². The largest absolute Gasteiger partial charge is 0.378 e. The van der Waals surface area contributed by atoms with Crippen molar-refractivity contribution in [2.24, 2.45) is 5.10 Å². The second-order valence-corrected chi connectivity index (χ2v) is 9.91. The molecule has 2 aliphatic rings. The van der Waals surface area contributed by atoms with E-state index in [1.165, 1.54) is 11.3 Å². The van der Waals surface area contributed by atoms with E-state index < -0.39 is 4.99 Å². The summed E-state index contributed by atoms with van der Waals surface area (Å²) >= 11 is 3.09. The maximum atomic E-state index is 13.0. The van der Waals surface area contributed by atoms with Crippen molar-refractivity contribution in [1.29, 1.82) is 0 Å². The van der Waals surface area contributed by atoms with Gasteiger partial charge >= 0.3 is 0 Å². The number of hydrogen-bond acceptors (Lipinski definition) is 7. The van der Waals surface area contributed by atoms with E-state index in [0.29, 0.717) is 17.3 Å². The molecule has 1 unspecified atom stereocenters. The molecule has 1 fully saturated rings. The standard InChI is InChI=1S/C24H23N5OS2/c1-27(2)20-12-9-18(10-13-20)8-11-19-16-24(29(26-19)21-6-4-3-5-7-21)28(22(30)17-32-24)23-25-14-15-31-23/h3-15H,16-17H2,1-2H3/b11-8+. The van der Waals surface area contributed by atoms with Gasteiger partial charge in [0.05, 0.1) is 17.2 Å². The highest BCUT2D eigenvalue weighted by Gasteiger charge is 2.56. The fraction of sp³-hybridized carbons (Fsp3) is 0.208. The maximum Gasteiger partial charge on any atom is 0.241 e. The number of carbonyl (C=O) groups is 1. The summed E-state index contributed by atoms with van der Waals surface area (Å²) < 4.78 is 0. The van der Waals surface area contributed by atoms with E-state index >= 15 is 0 Å². The molecule has 1 atom stereocenters. The number of thioether (sulfide) groups is 1. The summed E-state index contributed by atoms with van der Waals surface area (Å²) in [6.45, 7) is 0. The topological polar surface area (TPSA) is 52.0 Å². The van der Waals surface area contributed by atoms with Crippen molar-refractivity contribution in [1.82, 2.24) is 4.98 Å². The predicted molar refractivity (Wildman–Crippen MR) is 136 cm³/mol. The number of benzene rings is 2. The van der Waals surface area contributed by atoms with Gasteiger partial charge in [0.25, 0.3) is 0 Å². The van der Waals surface area contributed by atoms with Crippen molar-refractivity contribution in [2.45, 2.75) is 11.4 Å². The van der Waals surface area contributed by atoms with E-state index in [1.807, 2.05) is 59.7 Å². The lowest BCUT2D eigenvalue weighted by Gasteiger charge is -2.38. The second kappa shape index (κ2) is 8.44. The predicted octanol–water partition coefficient (Wildman–Crippen LogP) is 4.92. The van der Waals surface area contributed by atoms with Crippen LogP contribution < -0.4 is 14.8 Å². The van der Waals surface area contributed by atoms with Gasteiger partial charge in [-0.2, -0.15) is 5.10 Å². The molecule has 0 N–H and O–H groups in total.